The molecule has 1 heterocycles. The molecule has 0 aliphatic rings. The maximum atomic E-state index is 10.9. The van der Waals surface area contributed by atoms with Crippen LogP contribution in [0.15, 0.2) is 30.5 Å². The van der Waals surface area contributed by atoms with Crippen molar-refractivity contribution in [2.75, 3.05) is 0 Å². The van der Waals surface area contributed by atoms with E-state index in [1.54, 1.807) is 12.1 Å². The second kappa shape index (κ2) is 4.00. The van der Waals surface area contributed by atoms with Crippen molar-refractivity contribution in [1.82, 2.24) is 4.98 Å². The van der Waals surface area contributed by atoms with Crippen LogP contribution in [0.3, 0.4) is 0 Å². The van der Waals surface area contributed by atoms with E-state index in [2.05, 4.69) is 4.98 Å². The summed E-state index contributed by atoms with van der Waals surface area (Å²) in [6.07, 6.45) is 1.48. The maximum Gasteiger partial charge on any atom is 0.260 e. The van der Waals surface area contributed by atoms with Crippen LogP contribution >= 0.6 is 22.9 Å². The van der Waals surface area contributed by atoms with Gasteiger partial charge in [-0.05, 0) is 12.1 Å². The van der Waals surface area contributed by atoms with Crippen LogP contribution in [-0.4, -0.2) is 10.9 Å². The first kappa shape index (κ1) is 10.1. The lowest BCUT2D eigenvalue weighted by atomic mass is 10.2. The molecule has 0 aliphatic carbocycles. The number of hydrogen-bond donors (Lipinski definition) is 1. The van der Waals surface area contributed by atoms with Crippen LogP contribution in [0, 0.1) is 0 Å². The van der Waals surface area contributed by atoms with Crippen LogP contribution in [0.5, 0.6) is 0 Å². The Balaban J connectivity index is 2.37. The zero-order valence-corrected chi connectivity index (χ0v) is 9.18. The van der Waals surface area contributed by atoms with Gasteiger partial charge in [-0.25, -0.2) is 4.98 Å². The number of thiazole rings is 1. The summed E-state index contributed by atoms with van der Waals surface area (Å²) >= 11 is 7.03. The van der Waals surface area contributed by atoms with E-state index in [4.69, 9.17) is 17.3 Å². The van der Waals surface area contributed by atoms with Gasteiger partial charge in [0.1, 0.15) is 9.88 Å². The Morgan fingerprint density at radius 2 is 2.00 bits per heavy atom. The summed E-state index contributed by atoms with van der Waals surface area (Å²) in [6.45, 7) is 0. The molecule has 0 aliphatic heterocycles. The van der Waals surface area contributed by atoms with E-state index >= 15 is 0 Å². The van der Waals surface area contributed by atoms with Gasteiger partial charge < -0.3 is 5.73 Å². The molecule has 3 nitrogen and oxygen atoms in total. The molecule has 0 saturated carbocycles. The lowest BCUT2D eigenvalue weighted by molar-refractivity contribution is 0.100. The number of rotatable bonds is 2. The fourth-order valence-electron chi connectivity index (χ4n) is 1.11. The monoisotopic (exact) mass is 238 g/mol. The first-order valence-corrected chi connectivity index (χ1v) is 5.38. The van der Waals surface area contributed by atoms with Gasteiger partial charge in [0.15, 0.2) is 0 Å². The second-order valence-electron chi connectivity index (χ2n) is 2.90. The van der Waals surface area contributed by atoms with E-state index in [9.17, 15) is 4.79 Å². The van der Waals surface area contributed by atoms with Crippen molar-refractivity contribution in [1.29, 1.82) is 0 Å². The van der Waals surface area contributed by atoms with Crippen molar-refractivity contribution in [2.24, 2.45) is 5.73 Å². The summed E-state index contributed by atoms with van der Waals surface area (Å²) in [7, 11) is 0. The SMILES string of the molecule is NC(=O)c1cnc(-c2ccc(Cl)cc2)s1. The molecule has 0 spiro atoms. The number of nitrogens with two attached hydrogens (primary N) is 1. The fraction of sp³-hybridized carbons (Fsp3) is 0. The van der Waals surface area contributed by atoms with Gasteiger partial charge in [-0.3, -0.25) is 4.79 Å². The molecule has 1 amide bonds. The molecule has 0 unspecified atom stereocenters. The van der Waals surface area contributed by atoms with E-state index in [-0.39, 0.29) is 0 Å². The van der Waals surface area contributed by atoms with Crippen molar-refractivity contribution in [2.45, 2.75) is 0 Å². The molecule has 0 saturated heterocycles. The second-order valence-corrected chi connectivity index (χ2v) is 4.37. The summed E-state index contributed by atoms with van der Waals surface area (Å²) in [5.74, 6) is -0.451. The van der Waals surface area contributed by atoms with Crippen LogP contribution in [0.2, 0.25) is 5.02 Å². The molecule has 1 aromatic heterocycles. The van der Waals surface area contributed by atoms with Crippen LogP contribution < -0.4 is 5.73 Å². The third kappa shape index (κ3) is 2.16. The first-order chi connectivity index (χ1) is 7.16. The molecule has 0 radical (unpaired) electrons. The Hall–Kier alpha value is -1.39. The Bertz CT molecular complexity index is 492. The number of amides is 1. The van der Waals surface area contributed by atoms with Gasteiger partial charge in [0.2, 0.25) is 0 Å². The van der Waals surface area contributed by atoms with Crippen LogP contribution in [0.25, 0.3) is 10.6 Å². The Morgan fingerprint density at radius 1 is 1.33 bits per heavy atom. The molecule has 2 N–H and O–H groups in total. The highest BCUT2D eigenvalue weighted by molar-refractivity contribution is 7.16. The largest absolute Gasteiger partial charge is 0.365 e. The summed E-state index contributed by atoms with van der Waals surface area (Å²) in [4.78, 5) is 15.4. The third-order valence-electron chi connectivity index (χ3n) is 1.84. The predicted molar refractivity (Wildman–Crippen MR) is 61.1 cm³/mol. The highest BCUT2D eigenvalue weighted by atomic mass is 35.5. The molecule has 76 valence electrons. The molecule has 15 heavy (non-hydrogen) atoms. The molecule has 2 rings (SSSR count). The van der Waals surface area contributed by atoms with Gasteiger partial charge in [0, 0.05) is 10.6 Å². The van der Waals surface area contributed by atoms with Gasteiger partial charge in [0.05, 0.1) is 6.20 Å². The molecule has 5 heteroatoms. The molecule has 1 aromatic carbocycles. The van der Waals surface area contributed by atoms with Gasteiger partial charge in [-0.15, -0.1) is 11.3 Å². The average Bonchev–Trinajstić information content (AvgIpc) is 2.68. The molecule has 0 fully saturated rings. The Labute approximate surface area is 95.5 Å². The number of hydrogen-bond acceptors (Lipinski definition) is 3. The Morgan fingerprint density at radius 3 is 2.53 bits per heavy atom. The summed E-state index contributed by atoms with van der Waals surface area (Å²) < 4.78 is 0. The first-order valence-electron chi connectivity index (χ1n) is 4.18. The zero-order valence-electron chi connectivity index (χ0n) is 7.61. The van der Waals surface area contributed by atoms with E-state index in [0.29, 0.717) is 9.90 Å². The van der Waals surface area contributed by atoms with E-state index in [1.165, 1.54) is 17.5 Å². The van der Waals surface area contributed by atoms with Crippen molar-refractivity contribution in [3.63, 3.8) is 0 Å². The van der Waals surface area contributed by atoms with Crippen molar-refractivity contribution in [3.8, 4) is 10.6 Å². The number of aromatic nitrogens is 1. The normalized spacial score (nSPS) is 10.2. The zero-order chi connectivity index (χ0) is 10.8. The molecular weight excluding hydrogens is 232 g/mol. The summed E-state index contributed by atoms with van der Waals surface area (Å²) in [5, 5.41) is 1.44. The van der Waals surface area contributed by atoms with Crippen LogP contribution in [0.4, 0.5) is 0 Å². The lowest BCUT2D eigenvalue weighted by Crippen LogP contribution is -2.08. The van der Waals surface area contributed by atoms with E-state index in [0.717, 1.165) is 10.6 Å². The Kier molecular flexibility index (Phi) is 2.70. The maximum absolute atomic E-state index is 10.9. The number of benzene rings is 1. The summed E-state index contributed by atoms with van der Waals surface area (Å²) in [5.41, 5.74) is 6.07. The number of nitrogens with zero attached hydrogens (tertiary/aromatic N) is 1. The predicted octanol–water partition coefficient (Wildman–Crippen LogP) is 2.56. The van der Waals surface area contributed by atoms with Gasteiger partial charge in [-0.2, -0.15) is 0 Å². The average molecular weight is 239 g/mol. The highest BCUT2D eigenvalue weighted by Gasteiger charge is 2.07. The lowest BCUT2D eigenvalue weighted by Gasteiger charge is -1.94. The third-order valence-corrected chi connectivity index (χ3v) is 3.15. The van der Waals surface area contributed by atoms with Crippen molar-refractivity contribution >= 4 is 28.8 Å². The topological polar surface area (TPSA) is 56.0 Å². The fourth-order valence-corrected chi connectivity index (χ4v) is 2.01. The van der Waals surface area contributed by atoms with E-state index < -0.39 is 5.91 Å². The number of carbonyl (C=O) groups is 1. The number of primary amides is 1. The highest BCUT2D eigenvalue weighted by Crippen LogP contribution is 2.25. The van der Waals surface area contributed by atoms with Crippen molar-refractivity contribution < 1.29 is 4.79 Å². The van der Waals surface area contributed by atoms with Gasteiger partial charge in [-0.1, -0.05) is 23.7 Å². The minimum atomic E-state index is -0.451. The standard InChI is InChI=1S/C10H7ClN2OS/c11-7-3-1-6(2-4-7)10-13-5-8(15-10)9(12)14/h1-5H,(H2,12,14). The smallest absolute Gasteiger partial charge is 0.260 e. The quantitative estimate of drug-likeness (QED) is 0.874. The van der Waals surface area contributed by atoms with Crippen LogP contribution in [-0.2, 0) is 0 Å². The van der Waals surface area contributed by atoms with Crippen molar-refractivity contribution in [3.05, 3.63) is 40.4 Å². The molecule has 0 atom stereocenters. The van der Waals surface area contributed by atoms with Gasteiger partial charge >= 0.3 is 0 Å². The minimum absolute atomic E-state index is 0.451. The number of carbonyl (C=O) groups excluding carboxylic acids is 1. The number of halogens is 1. The molecule has 0 bridgehead atoms. The van der Waals surface area contributed by atoms with Crippen LogP contribution in [0.1, 0.15) is 9.67 Å². The van der Waals surface area contributed by atoms with Gasteiger partial charge in [0.25, 0.3) is 5.91 Å². The minimum Gasteiger partial charge on any atom is -0.365 e. The molecule has 2 aromatic rings. The van der Waals surface area contributed by atoms with E-state index in [1.807, 2.05) is 12.1 Å². The molecular formula is C10H7ClN2OS. The summed E-state index contributed by atoms with van der Waals surface area (Å²) in [6, 6.07) is 7.27.